The number of ether oxygens (including phenoxy) is 2. The van der Waals surface area contributed by atoms with Crippen molar-refractivity contribution in [2.75, 3.05) is 13.1 Å². The topological polar surface area (TPSA) is 42.1 Å². The van der Waals surface area contributed by atoms with Crippen molar-refractivity contribution in [1.29, 1.82) is 0 Å². The molecule has 2 aliphatic rings. The van der Waals surface area contributed by atoms with Gasteiger partial charge in [0, 0.05) is 6.54 Å². The lowest BCUT2D eigenvalue weighted by atomic mass is 10.2. The average Bonchev–Trinajstić information content (AvgIpc) is 3.14. The van der Waals surface area contributed by atoms with E-state index in [9.17, 15) is 4.79 Å². The Hall–Kier alpha value is -1.55. The molecule has 2 fully saturated rings. The first-order chi connectivity index (χ1) is 8.83. The summed E-state index contributed by atoms with van der Waals surface area (Å²) in [4.78, 5) is 13.7. The number of carbonyl (C=O) groups excluding carboxylic acids is 1. The summed E-state index contributed by atoms with van der Waals surface area (Å²) in [7, 11) is 0. The van der Waals surface area contributed by atoms with Crippen LogP contribution in [0.25, 0.3) is 0 Å². The molecule has 0 aliphatic carbocycles. The highest BCUT2D eigenvalue weighted by atomic mass is 16.6. The molecule has 0 saturated carbocycles. The maximum atomic E-state index is 11.9. The van der Waals surface area contributed by atoms with Crippen molar-refractivity contribution in [3.05, 3.63) is 35.9 Å². The summed E-state index contributed by atoms with van der Waals surface area (Å²) in [6, 6.07) is 9.74. The van der Waals surface area contributed by atoms with Crippen LogP contribution in [0.4, 0.5) is 4.79 Å². The molecule has 0 bridgehead atoms. The third-order valence-corrected chi connectivity index (χ3v) is 3.47. The molecule has 4 heteroatoms. The van der Waals surface area contributed by atoms with E-state index in [2.05, 4.69) is 0 Å². The molecular formula is C14H17NO3. The Morgan fingerprint density at radius 2 is 2.17 bits per heavy atom. The average molecular weight is 247 g/mol. The minimum absolute atomic E-state index is 0.227. The number of hydrogen-bond donors (Lipinski definition) is 0. The van der Waals surface area contributed by atoms with Crippen molar-refractivity contribution < 1.29 is 14.3 Å². The Labute approximate surface area is 106 Å². The van der Waals surface area contributed by atoms with Crippen molar-refractivity contribution in [3.63, 3.8) is 0 Å². The quantitative estimate of drug-likeness (QED) is 0.752. The number of epoxide rings is 1. The van der Waals surface area contributed by atoms with Crippen LogP contribution in [0.5, 0.6) is 0 Å². The van der Waals surface area contributed by atoms with Gasteiger partial charge in [-0.1, -0.05) is 30.3 Å². The van der Waals surface area contributed by atoms with Crippen LogP contribution in [0.2, 0.25) is 0 Å². The van der Waals surface area contributed by atoms with Crippen molar-refractivity contribution >= 4 is 6.09 Å². The van der Waals surface area contributed by atoms with Crippen LogP contribution >= 0.6 is 0 Å². The molecule has 0 N–H and O–H groups in total. The molecule has 0 radical (unpaired) electrons. The van der Waals surface area contributed by atoms with Crippen LogP contribution in [0, 0.1) is 0 Å². The molecule has 2 atom stereocenters. The number of carbonyl (C=O) groups is 1. The SMILES string of the molecule is O=C(OCc1ccccc1)N1CCCC2OC2C1. The van der Waals surface area contributed by atoms with Crippen molar-refractivity contribution in [1.82, 2.24) is 4.90 Å². The zero-order valence-electron chi connectivity index (χ0n) is 10.2. The van der Waals surface area contributed by atoms with Gasteiger partial charge in [-0.25, -0.2) is 4.79 Å². The van der Waals surface area contributed by atoms with Gasteiger partial charge < -0.3 is 14.4 Å². The number of amides is 1. The fourth-order valence-corrected chi connectivity index (χ4v) is 2.36. The molecule has 96 valence electrons. The van der Waals surface area contributed by atoms with Crippen LogP contribution < -0.4 is 0 Å². The molecule has 2 aliphatic heterocycles. The first-order valence-corrected chi connectivity index (χ1v) is 6.44. The molecule has 2 saturated heterocycles. The first kappa shape index (κ1) is 11.5. The predicted molar refractivity (Wildman–Crippen MR) is 66.1 cm³/mol. The molecule has 4 nitrogen and oxygen atoms in total. The van der Waals surface area contributed by atoms with Crippen molar-refractivity contribution in [2.24, 2.45) is 0 Å². The van der Waals surface area contributed by atoms with Gasteiger partial charge in [0.2, 0.25) is 0 Å². The normalized spacial score (nSPS) is 26.1. The minimum Gasteiger partial charge on any atom is -0.445 e. The Balaban J connectivity index is 1.51. The van der Waals surface area contributed by atoms with E-state index in [0.29, 0.717) is 19.3 Å². The lowest BCUT2D eigenvalue weighted by Gasteiger charge is -2.20. The summed E-state index contributed by atoms with van der Waals surface area (Å²) in [5.74, 6) is 0. The number of rotatable bonds is 2. The van der Waals surface area contributed by atoms with E-state index in [-0.39, 0.29) is 12.2 Å². The summed E-state index contributed by atoms with van der Waals surface area (Å²) in [5.41, 5.74) is 1.02. The highest BCUT2D eigenvalue weighted by Gasteiger charge is 2.42. The van der Waals surface area contributed by atoms with Crippen LogP contribution in [-0.2, 0) is 16.1 Å². The Bertz CT molecular complexity index is 420. The third kappa shape index (κ3) is 2.64. The molecule has 2 unspecified atom stereocenters. The standard InChI is InChI=1S/C14H17NO3/c16-14(17-10-11-5-2-1-3-6-11)15-8-4-7-12-13(9-15)18-12/h1-3,5-6,12-13H,4,7-10H2. The summed E-state index contributed by atoms with van der Waals surface area (Å²) in [6.07, 6.45) is 2.47. The zero-order valence-corrected chi connectivity index (χ0v) is 10.2. The fourth-order valence-electron chi connectivity index (χ4n) is 2.36. The summed E-state index contributed by atoms with van der Waals surface area (Å²) < 4.78 is 10.8. The van der Waals surface area contributed by atoms with Crippen LogP contribution in [0.15, 0.2) is 30.3 Å². The summed E-state index contributed by atoms with van der Waals surface area (Å²) in [6.45, 7) is 1.80. The molecular weight excluding hydrogens is 230 g/mol. The number of nitrogens with zero attached hydrogens (tertiary/aromatic N) is 1. The molecule has 2 heterocycles. The highest BCUT2D eigenvalue weighted by molar-refractivity contribution is 5.67. The lowest BCUT2D eigenvalue weighted by molar-refractivity contribution is 0.0923. The maximum absolute atomic E-state index is 11.9. The predicted octanol–water partition coefficient (Wildman–Crippen LogP) is 2.19. The van der Waals surface area contributed by atoms with Gasteiger partial charge in [-0.3, -0.25) is 0 Å². The fraction of sp³-hybridized carbons (Fsp3) is 0.500. The minimum atomic E-state index is -0.227. The smallest absolute Gasteiger partial charge is 0.410 e. The number of benzene rings is 1. The van der Waals surface area contributed by atoms with E-state index in [4.69, 9.17) is 9.47 Å². The molecule has 18 heavy (non-hydrogen) atoms. The van der Waals surface area contributed by atoms with E-state index in [0.717, 1.165) is 24.9 Å². The largest absolute Gasteiger partial charge is 0.445 e. The van der Waals surface area contributed by atoms with Gasteiger partial charge in [0.1, 0.15) is 12.7 Å². The van der Waals surface area contributed by atoms with E-state index >= 15 is 0 Å². The van der Waals surface area contributed by atoms with E-state index in [1.54, 1.807) is 4.90 Å². The second kappa shape index (κ2) is 4.98. The number of hydrogen-bond acceptors (Lipinski definition) is 3. The van der Waals surface area contributed by atoms with Crippen molar-refractivity contribution in [2.45, 2.75) is 31.7 Å². The summed E-state index contributed by atoms with van der Waals surface area (Å²) in [5, 5.41) is 0. The molecule has 1 aromatic carbocycles. The van der Waals surface area contributed by atoms with Gasteiger partial charge in [-0.15, -0.1) is 0 Å². The lowest BCUT2D eigenvalue weighted by Crippen LogP contribution is -2.34. The van der Waals surface area contributed by atoms with Crippen LogP contribution in [-0.4, -0.2) is 36.3 Å². The van der Waals surface area contributed by atoms with Gasteiger partial charge >= 0.3 is 6.09 Å². The third-order valence-electron chi connectivity index (χ3n) is 3.47. The Morgan fingerprint density at radius 3 is 3.00 bits per heavy atom. The van der Waals surface area contributed by atoms with Gasteiger partial charge in [-0.2, -0.15) is 0 Å². The maximum Gasteiger partial charge on any atom is 0.410 e. The van der Waals surface area contributed by atoms with Gasteiger partial charge in [-0.05, 0) is 18.4 Å². The van der Waals surface area contributed by atoms with Gasteiger partial charge in [0.25, 0.3) is 0 Å². The first-order valence-electron chi connectivity index (χ1n) is 6.44. The number of likely N-dealkylation sites (tertiary alicyclic amines) is 1. The zero-order chi connectivity index (χ0) is 12.4. The van der Waals surface area contributed by atoms with Gasteiger partial charge in [0.15, 0.2) is 0 Å². The summed E-state index contributed by atoms with van der Waals surface area (Å²) >= 11 is 0. The Kier molecular flexibility index (Phi) is 3.19. The highest BCUT2D eigenvalue weighted by Crippen LogP contribution is 2.30. The molecule has 1 amide bonds. The van der Waals surface area contributed by atoms with Crippen LogP contribution in [0.3, 0.4) is 0 Å². The van der Waals surface area contributed by atoms with E-state index in [1.807, 2.05) is 30.3 Å². The second-order valence-electron chi connectivity index (χ2n) is 4.84. The van der Waals surface area contributed by atoms with Crippen molar-refractivity contribution in [3.8, 4) is 0 Å². The molecule has 3 rings (SSSR count). The number of fused-ring (bicyclic) bond motifs is 1. The van der Waals surface area contributed by atoms with Gasteiger partial charge in [0.05, 0.1) is 12.6 Å². The molecule has 0 spiro atoms. The van der Waals surface area contributed by atoms with E-state index < -0.39 is 0 Å². The molecule has 0 aromatic heterocycles. The second-order valence-corrected chi connectivity index (χ2v) is 4.84. The Morgan fingerprint density at radius 1 is 1.33 bits per heavy atom. The molecule has 1 aromatic rings. The van der Waals surface area contributed by atoms with Crippen LogP contribution in [0.1, 0.15) is 18.4 Å². The monoisotopic (exact) mass is 247 g/mol. The van der Waals surface area contributed by atoms with E-state index in [1.165, 1.54) is 0 Å².